The van der Waals surface area contributed by atoms with Gasteiger partial charge >= 0.3 is 0 Å². The van der Waals surface area contributed by atoms with Crippen molar-refractivity contribution in [1.29, 1.82) is 0 Å². The standard InChI is InChI=1S/C13H17Cl2NO2/c1-8-3-11(4-9(2)17-8)18-13-12(15)5-10(6-14)7-16-13/h5,7-9,11H,3-4,6H2,1-2H3. The van der Waals surface area contributed by atoms with E-state index in [2.05, 4.69) is 18.8 Å². The molecule has 2 atom stereocenters. The van der Waals surface area contributed by atoms with E-state index in [9.17, 15) is 0 Å². The number of rotatable bonds is 3. The molecule has 0 amide bonds. The van der Waals surface area contributed by atoms with E-state index in [1.54, 1.807) is 12.3 Å². The minimum atomic E-state index is 0.107. The highest BCUT2D eigenvalue weighted by molar-refractivity contribution is 6.32. The number of nitrogens with zero attached hydrogens (tertiary/aromatic N) is 1. The molecule has 1 aromatic rings. The van der Waals surface area contributed by atoms with E-state index in [-0.39, 0.29) is 18.3 Å². The lowest BCUT2D eigenvalue weighted by Gasteiger charge is -2.32. The Hall–Kier alpha value is -0.510. The first-order valence-electron chi connectivity index (χ1n) is 6.11. The number of pyridine rings is 1. The van der Waals surface area contributed by atoms with Gasteiger partial charge in [-0.3, -0.25) is 0 Å². The van der Waals surface area contributed by atoms with Gasteiger partial charge in [-0.05, 0) is 25.5 Å². The lowest BCUT2D eigenvalue weighted by Crippen LogP contribution is -2.35. The zero-order valence-electron chi connectivity index (χ0n) is 10.5. The van der Waals surface area contributed by atoms with E-state index in [4.69, 9.17) is 32.7 Å². The lowest BCUT2D eigenvalue weighted by atomic mass is 10.0. The number of halogens is 2. The Kier molecular flexibility index (Phi) is 4.71. The van der Waals surface area contributed by atoms with Gasteiger partial charge in [0.2, 0.25) is 5.88 Å². The van der Waals surface area contributed by atoms with E-state index in [0.29, 0.717) is 16.8 Å². The Bertz CT molecular complexity index is 404. The summed E-state index contributed by atoms with van der Waals surface area (Å²) in [5, 5.41) is 0.514. The summed E-state index contributed by atoms with van der Waals surface area (Å²) in [6.07, 6.45) is 3.94. The first kappa shape index (κ1) is 13.9. The maximum absolute atomic E-state index is 6.12. The Balaban J connectivity index is 2.04. The molecule has 5 heteroatoms. The smallest absolute Gasteiger partial charge is 0.232 e. The van der Waals surface area contributed by atoms with Crippen LogP contribution < -0.4 is 4.74 Å². The maximum atomic E-state index is 6.12. The van der Waals surface area contributed by atoms with Crippen LogP contribution >= 0.6 is 23.2 Å². The summed E-state index contributed by atoms with van der Waals surface area (Å²) in [5.74, 6) is 0.884. The van der Waals surface area contributed by atoms with Crippen molar-refractivity contribution in [2.75, 3.05) is 0 Å². The minimum Gasteiger partial charge on any atom is -0.473 e. The van der Waals surface area contributed by atoms with Crippen LogP contribution in [0.1, 0.15) is 32.3 Å². The molecule has 0 saturated carbocycles. The van der Waals surface area contributed by atoms with Gasteiger partial charge in [0.1, 0.15) is 11.1 Å². The van der Waals surface area contributed by atoms with Crippen molar-refractivity contribution < 1.29 is 9.47 Å². The number of hydrogen-bond donors (Lipinski definition) is 0. The summed E-state index contributed by atoms with van der Waals surface area (Å²) in [5.41, 5.74) is 0.891. The van der Waals surface area contributed by atoms with E-state index in [0.717, 1.165) is 18.4 Å². The summed E-state index contributed by atoms with van der Waals surface area (Å²) in [6, 6.07) is 1.79. The van der Waals surface area contributed by atoms with Crippen LogP contribution in [0.4, 0.5) is 0 Å². The molecule has 0 N–H and O–H groups in total. The van der Waals surface area contributed by atoms with Crippen LogP contribution in [0.2, 0.25) is 5.02 Å². The second kappa shape index (κ2) is 6.09. The highest BCUT2D eigenvalue weighted by atomic mass is 35.5. The molecule has 3 nitrogen and oxygen atoms in total. The summed E-state index contributed by atoms with van der Waals surface area (Å²) < 4.78 is 11.5. The molecule has 2 unspecified atom stereocenters. The Labute approximate surface area is 117 Å². The van der Waals surface area contributed by atoms with Gasteiger partial charge in [-0.25, -0.2) is 4.98 Å². The molecule has 1 aliphatic rings. The van der Waals surface area contributed by atoms with Gasteiger partial charge in [0.15, 0.2) is 0 Å². The van der Waals surface area contributed by atoms with Crippen LogP contribution in [0, 0.1) is 0 Å². The molecular formula is C13H17Cl2NO2. The summed E-state index contributed by atoms with van der Waals surface area (Å²) in [4.78, 5) is 4.21. The number of alkyl halides is 1. The monoisotopic (exact) mass is 289 g/mol. The molecule has 1 aromatic heterocycles. The molecule has 0 bridgehead atoms. The van der Waals surface area contributed by atoms with Crippen molar-refractivity contribution in [3.05, 3.63) is 22.8 Å². The molecule has 1 saturated heterocycles. The third-order valence-electron chi connectivity index (χ3n) is 2.95. The highest BCUT2D eigenvalue weighted by Gasteiger charge is 2.26. The first-order chi connectivity index (χ1) is 8.58. The number of hydrogen-bond acceptors (Lipinski definition) is 3. The topological polar surface area (TPSA) is 31.4 Å². The highest BCUT2D eigenvalue weighted by Crippen LogP contribution is 2.28. The van der Waals surface area contributed by atoms with E-state index >= 15 is 0 Å². The van der Waals surface area contributed by atoms with Crippen LogP contribution in [0.3, 0.4) is 0 Å². The first-order valence-corrected chi connectivity index (χ1v) is 7.02. The predicted molar refractivity (Wildman–Crippen MR) is 72.5 cm³/mol. The van der Waals surface area contributed by atoms with Gasteiger partial charge in [0, 0.05) is 24.9 Å². The third kappa shape index (κ3) is 3.50. The molecule has 1 fully saturated rings. The van der Waals surface area contributed by atoms with Crippen molar-refractivity contribution in [3.63, 3.8) is 0 Å². The second-order valence-corrected chi connectivity index (χ2v) is 5.41. The van der Waals surface area contributed by atoms with E-state index < -0.39 is 0 Å². The fourth-order valence-electron chi connectivity index (χ4n) is 2.22. The Morgan fingerprint density at radius 2 is 2.06 bits per heavy atom. The summed E-state index contributed by atoms with van der Waals surface area (Å²) >= 11 is 11.8. The van der Waals surface area contributed by atoms with Crippen LogP contribution in [0.25, 0.3) is 0 Å². The van der Waals surface area contributed by atoms with Gasteiger partial charge in [0.05, 0.1) is 12.2 Å². The van der Waals surface area contributed by atoms with E-state index in [1.165, 1.54) is 0 Å². The lowest BCUT2D eigenvalue weighted by molar-refractivity contribution is -0.0729. The average Bonchev–Trinajstić information content (AvgIpc) is 2.30. The van der Waals surface area contributed by atoms with Gasteiger partial charge in [-0.2, -0.15) is 0 Å². The van der Waals surface area contributed by atoms with Crippen molar-refractivity contribution >= 4 is 23.2 Å². The summed E-state index contributed by atoms with van der Waals surface area (Å²) in [7, 11) is 0. The zero-order valence-corrected chi connectivity index (χ0v) is 12.0. The average molecular weight is 290 g/mol. The van der Waals surface area contributed by atoms with Crippen molar-refractivity contribution in [1.82, 2.24) is 4.98 Å². The normalized spacial score (nSPS) is 28.1. The maximum Gasteiger partial charge on any atom is 0.232 e. The second-order valence-electron chi connectivity index (χ2n) is 4.73. The molecule has 100 valence electrons. The van der Waals surface area contributed by atoms with Crippen LogP contribution in [-0.4, -0.2) is 23.3 Å². The predicted octanol–water partition coefficient (Wildman–Crippen LogP) is 3.81. The van der Waals surface area contributed by atoms with Crippen molar-refractivity contribution in [3.8, 4) is 5.88 Å². The molecular weight excluding hydrogens is 273 g/mol. The van der Waals surface area contributed by atoms with Gasteiger partial charge in [0.25, 0.3) is 0 Å². The Morgan fingerprint density at radius 3 is 2.61 bits per heavy atom. The zero-order chi connectivity index (χ0) is 13.1. The molecule has 0 radical (unpaired) electrons. The SMILES string of the molecule is CC1CC(Oc2ncc(CCl)cc2Cl)CC(C)O1. The number of ether oxygens (including phenoxy) is 2. The van der Waals surface area contributed by atoms with Crippen LogP contribution in [0.15, 0.2) is 12.3 Å². The molecule has 1 aliphatic heterocycles. The fraction of sp³-hybridized carbons (Fsp3) is 0.615. The summed E-state index contributed by atoms with van der Waals surface area (Å²) in [6.45, 7) is 4.11. The quantitative estimate of drug-likeness (QED) is 0.793. The molecule has 0 aliphatic carbocycles. The fourth-order valence-corrected chi connectivity index (χ4v) is 2.60. The Morgan fingerprint density at radius 1 is 1.39 bits per heavy atom. The largest absolute Gasteiger partial charge is 0.473 e. The van der Waals surface area contributed by atoms with Gasteiger partial charge in [-0.15, -0.1) is 11.6 Å². The third-order valence-corrected chi connectivity index (χ3v) is 3.53. The van der Waals surface area contributed by atoms with Crippen molar-refractivity contribution in [2.24, 2.45) is 0 Å². The molecule has 0 aromatic carbocycles. The minimum absolute atomic E-state index is 0.107. The van der Waals surface area contributed by atoms with Crippen LogP contribution in [0.5, 0.6) is 5.88 Å². The molecule has 2 heterocycles. The van der Waals surface area contributed by atoms with E-state index in [1.807, 2.05) is 0 Å². The molecule has 18 heavy (non-hydrogen) atoms. The van der Waals surface area contributed by atoms with Crippen molar-refractivity contribution in [2.45, 2.75) is 50.9 Å². The number of aromatic nitrogens is 1. The molecule has 2 rings (SSSR count). The van der Waals surface area contributed by atoms with Gasteiger partial charge < -0.3 is 9.47 Å². The molecule has 0 spiro atoms. The van der Waals surface area contributed by atoms with Crippen LogP contribution in [-0.2, 0) is 10.6 Å². The van der Waals surface area contributed by atoms with Gasteiger partial charge in [-0.1, -0.05) is 11.6 Å².